The summed E-state index contributed by atoms with van der Waals surface area (Å²) in [4.78, 5) is 4.38. The molecule has 0 bridgehead atoms. The molecule has 0 amide bonds. The molecule has 0 spiro atoms. The van der Waals surface area contributed by atoms with Crippen molar-refractivity contribution in [3.63, 3.8) is 0 Å². The Labute approximate surface area is 272 Å². The number of fused-ring (bicyclic) bond motifs is 3. The second-order valence-electron chi connectivity index (χ2n) is 15.6. The number of allylic oxidation sites excluding steroid dienone is 4. The highest BCUT2D eigenvalue weighted by atomic mass is 15.1. The van der Waals surface area contributed by atoms with Gasteiger partial charge in [-0.05, 0) is 104 Å². The Morgan fingerprint density at radius 1 is 0.556 bits per heavy atom. The molecule has 6 rings (SSSR count). The molecule has 0 saturated carbocycles. The number of hydrogen-bond donors (Lipinski definition) is 0. The monoisotopic (exact) mass is 594 g/mol. The Hall–Kier alpha value is -4.04. The van der Waals surface area contributed by atoms with Gasteiger partial charge >= 0.3 is 0 Å². The number of anilines is 2. The average molecular weight is 595 g/mol. The molecule has 4 aromatic carbocycles. The minimum absolute atomic E-state index is 0.00816. The number of benzene rings is 4. The van der Waals surface area contributed by atoms with E-state index in [-0.39, 0.29) is 10.8 Å². The van der Waals surface area contributed by atoms with E-state index >= 15 is 0 Å². The zero-order chi connectivity index (χ0) is 32.3. The number of rotatable bonds is 6. The van der Waals surface area contributed by atoms with Crippen LogP contribution in [-0.4, -0.2) is 28.2 Å². The van der Waals surface area contributed by atoms with E-state index < -0.39 is 5.41 Å². The molecule has 0 radical (unpaired) electrons. The molecule has 45 heavy (non-hydrogen) atoms. The molecule has 232 valence electrons. The normalized spacial score (nSPS) is 14.3. The average Bonchev–Trinajstić information content (AvgIpc) is 3.66. The van der Waals surface area contributed by atoms with Crippen LogP contribution in [0.25, 0.3) is 11.1 Å². The van der Waals surface area contributed by atoms with E-state index in [1.165, 1.54) is 67.0 Å². The fourth-order valence-electron chi connectivity index (χ4n) is 7.27. The first-order chi connectivity index (χ1) is 21.2. The fourth-order valence-corrected chi connectivity index (χ4v) is 7.27. The summed E-state index contributed by atoms with van der Waals surface area (Å²) in [5, 5.41) is 0. The standard InChI is InChI=1S/C43H50N2/c1-41(2,3)33-16-15-29-25-39-38(37(29)26-33)27-34(42(4,5)6)28-40(39)43(30-13-11-12-14-30,31-17-21-35(22-18-31)44(7)8)32-19-23-36(24-20-32)45(9)10/h11-13,15-24,26-28H,14,25H2,1-10H3. The van der Waals surface area contributed by atoms with Gasteiger partial charge in [0.15, 0.2) is 0 Å². The van der Waals surface area contributed by atoms with Crippen LogP contribution in [0.2, 0.25) is 0 Å². The highest BCUT2D eigenvalue weighted by Crippen LogP contribution is 2.54. The third-order valence-electron chi connectivity index (χ3n) is 10.0. The fraction of sp³-hybridized carbons (Fsp3) is 0.349. The Morgan fingerprint density at radius 2 is 1.07 bits per heavy atom. The minimum Gasteiger partial charge on any atom is -0.378 e. The van der Waals surface area contributed by atoms with Crippen LogP contribution in [0, 0.1) is 0 Å². The molecule has 0 aromatic heterocycles. The van der Waals surface area contributed by atoms with Crippen molar-refractivity contribution in [1.29, 1.82) is 0 Å². The molecule has 2 aliphatic carbocycles. The summed E-state index contributed by atoms with van der Waals surface area (Å²) in [5.74, 6) is 0. The van der Waals surface area contributed by atoms with E-state index in [0.717, 1.165) is 12.8 Å². The molecular weight excluding hydrogens is 544 g/mol. The van der Waals surface area contributed by atoms with E-state index in [0.29, 0.717) is 0 Å². The maximum atomic E-state index is 2.56. The molecule has 0 unspecified atom stereocenters. The van der Waals surface area contributed by atoms with Crippen molar-refractivity contribution < 1.29 is 0 Å². The largest absolute Gasteiger partial charge is 0.378 e. The third kappa shape index (κ3) is 5.33. The van der Waals surface area contributed by atoms with Gasteiger partial charge in [-0.3, -0.25) is 0 Å². The van der Waals surface area contributed by atoms with Gasteiger partial charge in [0.2, 0.25) is 0 Å². The zero-order valence-corrected chi connectivity index (χ0v) is 29.0. The summed E-state index contributed by atoms with van der Waals surface area (Å²) in [5.41, 5.74) is 16.0. The molecule has 0 fully saturated rings. The van der Waals surface area contributed by atoms with Gasteiger partial charge in [0.25, 0.3) is 0 Å². The maximum Gasteiger partial charge on any atom is 0.0670 e. The molecule has 0 aliphatic heterocycles. The number of nitrogens with zero attached hydrogens (tertiary/aromatic N) is 2. The highest BCUT2D eigenvalue weighted by molar-refractivity contribution is 5.82. The zero-order valence-electron chi connectivity index (χ0n) is 29.0. The van der Waals surface area contributed by atoms with Crippen molar-refractivity contribution in [2.24, 2.45) is 0 Å². The third-order valence-corrected chi connectivity index (χ3v) is 10.0. The predicted octanol–water partition coefficient (Wildman–Crippen LogP) is 10.2. The predicted molar refractivity (Wildman–Crippen MR) is 195 cm³/mol. The first-order valence-electron chi connectivity index (χ1n) is 16.4. The summed E-state index contributed by atoms with van der Waals surface area (Å²) < 4.78 is 0. The molecule has 0 N–H and O–H groups in total. The van der Waals surface area contributed by atoms with Crippen LogP contribution in [0.4, 0.5) is 11.4 Å². The van der Waals surface area contributed by atoms with Crippen LogP contribution in [0.3, 0.4) is 0 Å². The van der Waals surface area contributed by atoms with Crippen LogP contribution in [0.15, 0.2) is 103 Å². The molecule has 0 heterocycles. The van der Waals surface area contributed by atoms with Gasteiger partial charge in [0, 0.05) is 39.6 Å². The molecule has 2 heteroatoms. The second kappa shape index (κ2) is 11.1. The van der Waals surface area contributed by atoms with Crippen molar-refractivity contribution >= 4 is 11.4 Å². The van der Waals surface area contributed by atoms with Crippen LogP contribution in [0.1, 0.15) is 86.9 Å². The molecule has 2 aliphatic rings. The van der Waals surface area contributed by atoms with Gasteiger partial charge in [-0.15, -0.1) is 0 Å². The lowest BCUT2D eigenvalue weighted by molar-refractivity contribution is 0.586. The van der Waals surface area contributed by atoms with Crippen LogP contribution < -0.4 is 9.80 Å². The first-order valence-corrected chi connectivity index (χ1v) is 16.4. The van der Waals surface area contributed by atoms with E-state index in [1.54, 1.807) is 0 Å². The Balaban J connectivity index is 1.73. The molecule has 0 saturated heterocycles. The summed E-state index contributed by atoms with van der Waals surface area (Å²) in [6.07, 6.45) is 8.84. The van der Waals surface area contributed by atoms with E-state index in [4.69, 9.17) is 0 Å². The Kier molecular flexibility index (Phi) is 7.63. The molecular formula is C43H50N2. The van der Waals surface area contributed by atoms with Crippen molar-refractivity contribution in [3.8, 4) is 11.1 Å². The van der Waals surface area contributed by atoms with Gasteiger partial charge in [-0.25, -0.2) is 0 Å². The SMILES string of the molecule is CN(C)c1ccc(C(C2=CC=CC2)(c2ccc(N(C)C)cc2)c2cc(C(C)(C)C)cc3c2Cc2ccc(C(C)(C)C)cc2-3)cc1. The highest BCUT2D eigenvalue weighted by Gasteiger charge is 2.44. The van der Waals surface area contributed by atoms with Crippen molar-refractivity contribution in [2.45, 2.75) is 70.6 Å². The van der Waals surface area contributed by atoms with Crippen LogP contribution in [0.5, 0.6) is 0 Å². The summed E-state index contributed by atoms with van der Waals surface area (Å²) >= 11 is 0. The van der Waals surface area contributed by atoms with Crippen LogP contribution in [-0.2, 0) is 22.7 Å². The minimum atomic E-state index is -0.445. The molecule has 4 aromatic rings. The Morgan fingerprint density at radius 3 is 1.53 bits per heavy atom. The Bertz CT molecular complexity index is 1730. The van der Waals surface area contributed by atoms with E-state index in [2.05, 4.69) is 177 Å². The van der Waals surface area contributed by atoms with Gasteiger partial charge < -0.3 is 9.80 Å². The van der Waals surface area contributed by atoms with Crippen molar-refractivity contribution in [3.05, 3.63) is 142 Å². The molecule has 0 atom stereocenters. The quantitative estimate of drug-likeness (QED) is 0.181. The van der Waals surface area contributed by atoms with E-state index in [9.17, 15) is 0 Å². The number of hydrogen-bond acceptors (Lipinski definition) is 2. The summed E-state index contributed by atoms with van der Waals surface area (Å²) in [7, 11) is 8.48. The smallest absolute Gasteiger partial charge is 0.0670 e. The van der Waals surface area contributed by atoms with Crippen molar-refractivity contribution in [1.82, 2.24) is 0 Å². The lowest BCUT2D eigenvalue weighted by Crippen LogP contribution is -2.33. The van der Waals surface area contributed by atoms with Gasteiger partial charge in [0.05, 0.1) is 5.41 Å². The van der Waals surface area contributed by atoms with Gasteiger partial charge in [0.1, 0.15) is 0 Å². The summed E-state index contributed by atoms with van der Waals surface area (Å²) in [6.45, 7) is 14.0. The summed E-state index contributed by atoms with van der Waals surface area (Å²) in [6, 6.07) is 31.0. The van der Waals surface area contributed by atoms with Gasteiger partial charge in [-0.1, -0.05) is 114 Å². The van der Waals surface area contributed by atoms with E-state index in [1.807, 2.05) is 0 Å². The topological polar surface area (TPSA) is 6.48 Å². The molecule has 2 nitrogen and oxygen atoms in total. The maximum absolute atomic E-state index is 2.56. The lowest BCUT2D eigenvalue weighted by Gasteiger charge is -2.40. The first kappa shape index (κ1) is 31.0. The van der Waals surface area contributed by atoms with Gasteiger partial charge in [-0.2, -0.15) is 0 Å². The van der Waals surface area contributed by atoms with Crippen LogP contribution >= 0.6 is 0 Å². The van der Waals surface area contributed by atoms with Crippen molar-refractivity contribution in [2.75, 3.05) is 38.0 Å². The lowest BCUT2D eigenvalue weighted by atomic mass is 9.62. The second-order valence-corrected chi connectivity index (χ2v) is 15.6.